The maximum Gasteiger partial charge on any atom is 0.335 e. The lowest BCUT2D eigenvalue weighted by Gasteiger charge is -2.58. The molecule has 3 unspecified atom stereocenters. The summed E-state index contributed by atoms with van der Waals surface area (Å²) in [6.07, 6.45) is 3.76. The van der Waals surface area contributed by atoms with Gasteiger partial charge in [-0.25, -0.2) is 4.79 Å². The number of aliphatic hydroxyl groups excluding tert-OH is 1. The highest BCUT2D eigenvalue weighted by atomic mass is 16.6. The number of rotatable bonds is 3. The SMILES string of the molecule is COc1ccc2c(c1)C13CCN(CC4CC4)[C@H](C2)C1OC(=O)C(O)C3. The van der Waals surface area contributed by atoms with Gasteiger partial charge in [0.1, 0.15) is 11.9 Å². The van der Waals surface area contributed by atoms with Gasteiger partial charge in [-0.2, -0.15) is 0 Å². The van der Waals surface area contributed by atoms with Gasteiger partial charge in [0.2, 0.25) is 0 Å². The predicted molar refractivity (Wildman–Crippen MR) is 91.6 cm³/mol. The summed E-state index contributed by atoms with van der Waals surface area (Å²) in [5.74, 6) is 1.19. The molecule has 3 fully saturated rings. The van der Waals surface area contributed by atoms with Gasteiger partial charge in [-0.05, 0) is 67.8 Å². The molecule has 0 aromatic heterocycles. The van der Waals surface area contributed by atoms with E-state index in [2.05, 4.69) is 17.0 Å². The van der Waals surface area contributed by atoms with Crippen molar-refractivity contribution in [2.45, 2.75) is 55.8 Å². The summed E-state index contributed by atoms with van der Waals surface area (Å²) < 4.78 is 11.3. The van der Waals surface area contributed by atoms with E-state index >= 15 is 0 Å². The Labute approximate surface area is 147 Å². The highest BCUT2D eigenvalue weighted by molar-refractivity contribution is 5.76. The number of likely N-dealkylation sites (tertiary alicyclic amines) is 1. The van der Waals surface area contributed by atoms with Gasteiger partial charge in [-0.3, -0.25) is 4.90 Å². The number of ether oxygens (including phenoxy) is 2. The van der Waals surface area contributed by atoms with Crippen LogP contribution in [0.1, 0.15) is 36.8 Å². The zero-order valence-corrected chi connectivity index (χ0v) is 14.6. The largest absolute Gasteiger partial charge is 0.497 e. The molecule has 25 heavy (non-hydrogen) atoms. The molecule has 5 nitrogen and oxygen atoms in total. The van der Waals surface area contributed by atoms with E-state index in [0.717, 1.165) is 37.6 Å². The van der Waals surface area contributed by atoms with Gasteiger partial charge < -0.3 is 14.6 Å². The van der Waals surface area contributed by atoms with Crippen molar-refractivity contribution >= 4 is 5.97 Å². The molecule has 1 aromatic rings. The molecule has 0 amide bonds. The molecular formula is C20H25NO4. The van der Waals surface area contributed by atoms with Gasteiger partial charge in [0.05, 0.1) is 13.2 Å². The van der Waals surface area contributed by atoms with E-state index < -0.39 is 12.1 Å². The molecule has 2 aliphatic carbocycles. The molecule has 5 heteroatoms. The number of fused-ring (bicyclic) bond motifs is 1. The van der Waals surface area contributed by atoms with E-state index in [4.69, 9.17) is 9.47 Å². The molecule has 2 heterocycles. The van der Waals surface area contributed by atoms with Gasteiger partial charge in [0.15, 0.2) is 6.10 Å². The van der Waals surface area contributed by atoms with E-state index in [0.29, 0.717) is 6.42 Å². The first kappa shape index (κ1) is 15.6. The van der Waals surface area contributed by atoms with E-state index in [1.54, 1.807) is 7.11 Å². The second kappa shape index (κ2) is 5.45. The molecule has 5 rings (SSSR count). The molecule has 1 N–H and O–H groups in total. The Balaban J connectivity index is 1.60. The normalized spacial score (nSPS) is 37.0. The summed E-state index contributed by atoms with van der Waals surface area (Å²) in [7, 11) is 1.68. The summed E-state index contributed by atoms with van der Waals surface area (Å²) in [6, 6.07) is 6.50. The third-order valence-corrected chi connectivity index (χ3v) is 6.75. The van der Waals surface area contributed by atoms with Crippen molar-refractivity contribution < 1.29 is 19.4 Å². The van der Waals surface area contributed by atoms with Crippen LogP contribution in [0.15, 0.2) is 18.2 Å². The molecule has 0 spiro atoms. The minimum Gasteiger partial charge on any atom is -0.497 e. The number of methoxy groups -OCH3 is 1. The molecule has 2 aliphatic heterocycles. The van der Waals surface area contributed by atoms with Crippen molar-refractivity contribution in [2.24, 2.45) is 5.92 Å². The molecule has 1 aromatic carbocycles. The van der Waals surface area contributed by atoms with E-state index in [9.17, 15) is 9.90 Å². The fraction of sp³-hybridized carbons (Fsp3) is 0.650. The second-order valence-corrected chi connectivity index (χ2v) is 8.22. The van der Waals surface area contributed by atoms with Gasteiger partial charge in [-0.1, -0.05) is 6.07 Å². The zero-order valence-electron chi connectivity index (χ0n) is 14.6. The number of benzene rings is 1. The minimum atomic E-state index is -1.02. The summed E-state index contributed by atoms with van der Waals surface area (Å²) >= 11 is 0. The highest BCUT2D eigenvalue weighted by Gasteiger charge is 2.59. The Bertz CT molecular complexity index is 716. The van der Waals surface area contributed by atoms with E-state index in [-0.39, 0.29) is 17.6 Å². The average Bonchev–Trinajstić information content (AvgIpc) is 3.42. The molecule has 1 saturated carbocycles. The lowest BCUT2D eigenvalue weighted by molar-refractivity contribution is -0.191. The maximum absolute atomic E-state index is 12.1. The van der Waals surface area contributed by atoms with Gasteiger partial charge >= 0.3 is 5.97 Å². The van der Waals surface area contributed by atoms with Crippen LogP contribution in [0.25, 0.3) is 0 Å². The lowest BCUT2D eigenvalue weighted by Crippen LogP contribution is -2.68. The van der Waals surface area contributed by atoms with Crippen molar-refractivity contribution in [1.82, 2.24) is 4.90 Å². The molecular weight excluding hydrogens is 318 g/mol. The van der Waals surface area contributed by atoms with Crippen LogP contribution in [-0.4, -0.2) is 54.4 Å². The average molecular weight is 343 g/mol. The Morgan fingerprint density at radius 2 is 2.24 bits per heavy atom. The lowest BCUT2D eigenvalue weighted by atomic mass is 9.58. The summed E-state index contributed by atoms with van der Waals surface area (Å²) in [6.45, 7) is 2.13. The van der Waals surface area contributed by atoms with Crippen molar-refractivity contribution in [3.05, 3.63) is 29.3 Å². The summed E-state index contributed by atoms with van der Waals surface area (Å²) in [5.41, 5.74) is 2.25. The van der Waals surface area contributed by atoms with Crippen LogP contribution < -0.4 is 4.74 Å². The number of hydrogen-bond donors (Lipinski definition) is 1. The number of nitrogens with zero attached hydrogens (tertiary/aromatic N) is 1. The fourth-order valence-corrected chi connectivity index (χ4v) is 5.29. The molecule has 2 saturated heterocycles. The predicted octanol–water partition coefficient (Wildman–Crippen LogP) is 1.65. The minimum absolute atomic E-state index is 0.157. The third-order valence-electron chi connectivity index (χ3n) is 6.75. The number of carbonyl (C=O) groups is 1. The van der Waals surface area contributed by atoms with Crippen molar-refractivity contribution in [3.63, 3.8) is 0 Å². The molecule has 4 aliphatic rings. The van der Waals surface area contributed by atoms with Crippen molar-refractivity contribution in [3.8, 4) is 5.75 Å². The Hall–Kier alpha value is -1.59. The Morgan fingerprint density at radius 1 is 1.40 bits per heavy atom. The van der Waals surface area contributed by atoms with Crippen LogP contribution in [0.3, 0.4) is 0 Å². The van der Waals surface area contributed by atoms with Crippen LogP contribution in [0, 0.1) is 5.92 Å². The monoisotopic (exact) mass is 343 g/mol. The quantitative estimate of drug-likeness (QED) is 0.846. The van der Waals surface area contributed by atoms with E-state index in [1.165, 1.54) is 24.0 Å². The number of carbonyl (C=O) groups excluding carboxylic acids is 1. The van der Waals surface area contributed by atoms with E-state index in [1.807, 2.05) is 6.07 Å². The molecule has 134 valence electrons. The van der Waals surface area contributed by atoms with Crippen LogP contribution in [-0.2, 0) is 21.4 Å². The summed E-state index contributed by atoms with van der Waals surface area (Å²) in [5, 5.41) is 10.3. The van der Waals surface area contributed by atoms with Crippen LogP contribution in [0.5, 0.6) is 5.75 Å². The van der Waals surface area contributed by atoms with Crippen molar-refractivity contribution in [2.75, 3.05) is 20.2 Å². The number of piperidine rings is 1. The van der Waals surface area contributed by atoms with Crippen LogP contribution >= 0.6 is 0 Å². The Morgan fingerprint density at radius 3 is 3.00 bits per heavy atom. The van der Waals surface area contributed by atoms with Gasteiger partial charge in [-0.15, -0.1) is 0 Å². The van der Waals surface area contributed by atoms with Crippen LogP contribution in [0.4, 0.5) is 0 Å². The maximum atomic E-state index is 12.1. The molecule has 4 atom stereocenters. The first-order chi connectivity index (χ1) is 12.1. The fourth-order valence-electron chi connectivity index (χ4n) is 5.29. The topological polar surface area (TPSA) is 59.0 Å². The zero-order chi connectivity index (χ0) is 17.2. The van der Waals surface area contributed by atoms with Crippen LogP contribution in [0.2, 0.25) is 0 Å². The smallest absolute Gasteiger partial charge is 0.335 e. The van der Waals surface area contributed by atoms with Gasteiger partial charge in [0.25, 0.3) is 0 Å². The van der Waals surface area contributed by atoms with Crippen molar-refractivity contribution in [1.29, 1.82) is 0 Å². The van der Waals surface area contributed by atoms with Gasteiger partial charge in [0, 0.05) is 12.0 Å². The second-order valence-electron chi connectivity index (χ2n) is 8.22. The molecule has 0 radical (unpaired) electrons. The molecule has 2 bridgehead atoms. The third kappa shape index (κ3) is 2.32. The highest BCUT2D eigenvalue weighted by Crippen LogP contribution is 2.52. The Kier molecular flexibility index (Phi) is 3.41. The number of hydrogen-bond acceptors (Lipinski definition) is 5. The first-order valence-corrected chi connectivity index (χ1v) is 9.41. The number of esters is 1. The summed E-state index contributed by atoms with van der Waals surface area (Å²) in [4.78, 5) is 14.7. The first-order valence-electron chi connectivity index (χ1n) is 9.41. The number of aliphatic hydroxyl groups is 1. The standard InChI is InChI=1S/C20H25NO4/c1-24-14-5-4-13-8-16-18-20(15(13)9-14,10-17(22)19(23)25-18)6-7-21(16)11-12-2-3-12/h4-5,9,12,16-18,22H,2-3,6-8,10-11H2,1H3/t16-,17?,18?,20?/m1/s1.